The van der Waals surface area contributed by atoms with Crippen LogP contribution in [0.5, 0.6) is 0 Å². The van der Waals surface area contributed by atoms with Gasteiger partial charge < -0.3 is 9.13 Å². The summed E-state index contributed by atoms with van der Waals surface area (Å²) in [7, 11) is 0. The lowest BCUT2D eigenvalue weighted by Crippen LogP contribution is -2.23. The van der Waals surface area contributed by atoms with E-state index in [1.807, 2.05) is 0 Å². The highest BCUT2D eigenvalue weighted by Crippen LogP contribution is 2.65. The molecule has 4 heteroatoms. The summed E-state index contributed by atoms with van der Waals surface area (Å²) in [5, 5.41) is 28.7. The molecule has 2 nitrogen and oxygen atoms in total. The summed E-state index contributed by atoms with van der Waals surface area (Å²) in [5.41, 5.74) is 44.9. The smallest absolute Gasteiger partial charge is 0.128 e. The van der Waals surface area contributed by atoms with Gasteiger partial charge in [-0.25, -0.2) is 8.78 Å². The normalized spacial score (nSPS) is 14.5. The van der Waals surface area contributed by atoms with Crippen LogP contribution >= 0.6 is 0 Å². The molecule has 0 bridgehead atoms. The molecule has 2 heterocycles. The van der Waals surface area contributed by atoms with Crippen LogP contribution in [0.4, 0.5) is 8.78 Å². The van der Waals surface area contributed by atoms with Crippen LogP contribution in [-0.2, 0) is 27.1 Å². The summed E-state index contributed by atoms with van der Waals surface area (Å²) >= 11 is 0. The predicted octanol–water partition coefficient (Wildman–Crippen LogP) is 39.4. The predicted molar refractivity (Wildman–Crippen MR) is 609 cm³/mol. The molecule has 0 aliphatic heterocycles. The fourth-order valence-electron chi connectivity index (χ4n) is 28.9. The van der Waals surface area contributed by atoms with Crippen molar-refractivity contribution in [1.29, 1.82) is 0 Å². The largest absolute Gasteiger partial charge is 0.309 e. The van der Waals surface area contributed by atoms with Crippen molar-refractivity contribution < 1.29 is 8.78 Å². The minimum atomic E-state index is -0.581. The molecular weight excluding hydrogens is 1740 g/mol. The van der Waals surface area contributed by atoms with Crippen molar-refractivity contribution in [3.05, 3.63) is 404 Å². The quantitative estimate of drug-likeness (QED) is 0.114. The van der Waals surface area contributed by atoms with Crippen LogP contribution in [-0.4, -0.2) is 9.13 Å². The first-order chi connectivity index (χ1) is 69.0. The summed E-state index contributed by atoms with van der Waals surface area (Å²) in [6.45, 7) is 43.7. The summed E-state index contributed by atoms with van der Waals surface area (Å²) in [5.74, 6) is -0.846. The number of hydrogen-bond donors (Lipinski definition) is 0. The van der Waals surface area contributed by atoms with Crippen LogP contribution in [0.3, 0.4) is 0 Å². The lowest BCUT2D eigenvalue weighted by molar-refractivity contribution is 0.491. The topological polar surface area (TPSA) is 9.86 Å². The average Bonchev–Trinajstić information content (AvgIpc) is 1.53. The summed E-state index contributed by atoms with van der Waals surface area (Å²) in [6.07, 6.45) is 6.38. The van der Waals surface area contributed by atoms with Crippen molar-refractivity contribution in [2.45, 2.75) is 203 Å². The molecule has 28 rings (SSSR count). The monoisotopic (exact) mass is 1850 g/mol. The van der Waals surface area contributed by atoms with E-state index in [2.05, 4.69) is 426 Å². The van der Waals surface area contributed by atoms with E-state index in [1.165, 1.54) is 287 Å². The zero-order valence-corrected chi connectivity index (χ0v) is 85.8. The molecular formula is C139H120F2N2. The average molecular weight is 1860 g/mol. The van der Waals surface area contributed by atoms with Crippen LogP contribution in [0.15, 0.2) is 303 Å². The maximum Gasteiger partial charge on any atom is 0.128 e. The molecule has 0 N–H and O–H groups in total. The van der Waals surface area contributed by atoms with Gasteiger partial charge in [0, 0.05) is 65.7 Å². The van der Waals surface area contributed by atoms with Crippen molar-refractivity contribution in [2.75, 3.05) is 0 Å². The van der Waals surface area contributed by atoms with Crippen LogP contribution in [0, 0.1) is 53.2 Å². The highest BCUT2D eigenvalue weighted by Gasteiger charge is 2.48. The second-order valence-electron chi connectivity index (χ2n) is 44.9. The van der Waals surface area contributed by atoms with E-state index in [9.17, 15) is 8.78 Å². The molecule has 4 aliphatic carbocycles. The Bertz CT molecular complexity index is 9540. The number of hydrogen-bond acceptors (Lipinski definition) is 0. The van der Waals surface area contributed by atoms with Gasteiger partial charge in [0.15, 0.2) is 0 Å². The van der Waals surface area contributed by atoms with Crippen molar-refractivity contribution in [1.82, 2.24) is 9.13 Å². The Morgan fingerprint density at radius 3 is 1.18 bits per heavy atom. The Balaban J connectivity index is 0.000000110. The van der Waals surface area contributed by atoms with Crippen molar-refractivity contribution in [3.8, 4) is 78.1 Å². The number of aromatic nitrogens is 2. The van der Waals surface area contributed by atoms with E-state index in [4.69, 9.17) is 0 Å². The van der Waals surface area contributed by atoms with Crippen molar-refractivity contribution in [3.63, 3.8) is 0 Å². The van der Waals surface area contributed by atoms with Gasteiger partial charge in [-0.05, 0) is 402 Å². The molecule has 24 aromatic rings. The number of rotatable bonds is 11. The molecule has 22 aromatic carbocycles. The summed E-state index contributed by atoms with van der Waals surface area (Å²) < 4.78 is 34.2. The molecule has 0 radical (unpaired) electrons. The van der Waals surface area contributed by atoms with Gasteiger partial charge in [0.05, 0.1) is 27.8 Å². The molecule has 0 fully saturated rings. The Morgan fingerprint density at radius 2 is 0.664 bits per heavy atom. The van der Waals surface area contributed by atoms with E-state index in [0.29, 0.717) is 11.6 Å². The third kappa shape index (κ3) is 12.3. The molecule has 0 amide bonds. The fourth-order valence-corrected chi connectivity index (χ4v) is 28.9. The molecule has 0 unspecified atom stereocenters. The van der Waals surface area contributed by atoms with Gasteiger partial charge in [-0.1, -0.05) is 319 Å². The van der Waals surface area contributed by atoms with E-state index < -0.39 is 11.6 Å². The molecule has 700 valence electrons. The zero-order chi connectivity index (χ0) is 98.3. The standard InChI is InChI=1S/C54H50.C43H37N.C42H33F2N/c1-9-53(10-2)47-20-16-14-18-38(47)49-44-27-39(35-23-31(5)21-32(6)24-35)41-29-43-37-17-13-15-19-46(37)54(11-3,12-4)52(43)45-28-40(36-25-33(7)22-34(8)26-36)42(30-48(49)53)50(44)51(41)45;1-24-18-25(2)20-29(19-24)44-37-17-14-28(42(3,4)5)23-33(37)34-21-26-12-15-31-38-27(13-16-32(39(26)38)41(34)44)22-36-40(31)30-10-8-9-11-35(30)43(36,6)7;1-5-42(6-2)35-10-8-7-9-31(35)40-32-15-12-25-17-34-30-14-11-24(23(3)4)19-37(30)45(29-21-27(43)20-28(44)22-29)41(34)33-16-13-26(18-36(40)42)38(32)39(25)33/h13-30H,9-12H2,1-8H3;8-23H,1-7H3;7-23H,5-6H2,1-4H3. The third-order valence-corrected chi connectivity index (χ3v) is 35.4. The Hall–Kier alpha value is -14.6. The first kappa shape index (κ1) is 88.6. The molecule has 4 aliphatic rings. The van der Waals surface area contributed by atoms with Gasteiger partial charge in [-0.3, -0.25) is 0 Å². The Kier molecular flexibility index (Phi) is 19.5. The zero-order valence-electron chi connectivity index (χ0n) is 85.8. The second kappa shape index (κ2) is 31.5. The van der Waals surface area contributed by atoms with Gasteiger partial charge in [0.25, 0.3) is 0 Å². The first-order valence-corrected chi connectivity index (χ1v) is 52.5. The van der Waals surface area contributed by atoms with Gasteiger partial charge >= 0.3 is 0 Å². The van der Waals surface area contributed by atoms with Crippen LogP contribution in [0.2, 0.25) is 0 Å². The lowest BCUT2D eigenvalue weighted by Gasteiger charge is -2.33. The van der Waals surface area contributed by atoms with E-state index in [0.717, 1.165) is 71.8 Å². The van der Waals surface area contributed by atoms with Gasteiger partial charge in [0.2, 0.25) is 0 Å². The summed E-state index contributed by atoms with van der Waals surface area (Å²) in [6, 6.07) is 114. The third-order valence-electron chi connectivity index (χ3n) is 35.4. The highest BCUT2D eigenvalue weighted by molar-refractivity contribution is 6.37. The molecule has 0 atom stereocenters. The molecule has 0 saturated heterocycles. The van der Waals surface area contributed by atoms with E-state index in [-0.39, 0.29) is 27.1 Å². The number of aryl methyl sites for hydroxylation is 6. The molecule has 2 aromatic heterocycles. The number of benzene rings is 22. The van der Waals surface area contributed by atoms with Crippen molar-refractivity contribution in [2.24, 2.45) is 0 Å². The maximum atomic E-state index is 14.8. The Labute approximate surface area is 837 Å². The minimum Gasteiger partial charge on any atom is -0.309 e. The Morgan fingerprint density at radius 1 is 0.273 bits per heavy atom. The van der Waals surface area contributed by atoms with Gasteiger partial charge in [0.1, 0.15) is 11.6 Å². The van der Waals surface area contributed by atoms with Crippen LogP contribution in [0.25, 0.3) is 219 Å². The number of halogens is 2. The van der Waals surface area contributed by atoms with Crippen LogP contribution < -0.4 is 0 Å². The molecule has 0 saturated carbocycles. The number of fused-ring (bicyclic) bond motifs is 24. The van der Waals surface area contributed by atoms with Crippen LogP contribution in [0.1, 0.15) is 223 Å². The second-order valence-corrected chi connectivity index (χ2v) is 44.9. The van der Waals surface area contributed by atoms with Gasteiger partial charge in [-0.2, -0.15) is 0 Å². The van der Waals surface area contributed by atoms with E-state index >= 15 is 0 Å². The fraction of sp³-hybridized carbons (Fsp3) is 0.223. The maximum absolute atomic E-state index is 14.8. The minimum absolute atomic E-state index is 0.00829. The SMILES string of the molecule is CCC1(CC)c2ccccc2-c2c1cc1c(-c3cc(C)cc(C)c3)cc3c4c(cc5c(-c6cc(C)cc(C)c6)cc2c1c53)-c1ccccc1C4(CC)CC.CCC1(CC)c2ccccc2-c2c1cc1ccc3c4c(ccc2c14)cc1c2ccc(C(C)C)cc2n(-c2cc(F)cc(F)c2)c13.Cc1cc(C)cc(-n2c3ccc(C(C)(C)C)cc3c3cc4ccc5c6c(cc7ccc(c4c75)c32)C(C)(C)c2ccccc2-6)c1. The van der Waals surface area contributed by atoms with Crippen molar-refractivity contribution >= 4 is 141 Å². The molecule has 143 heavy (non-hydrogen) atoms. The first-order valence-electron chi connectivity index (χ1n) is 52.5. The lowest BCUT2D eigenvalue weighted by atomic mass is 9.70. The highest BCUT2D eigenvalue weighted by atomic mass is 19.1. The summed E-state index contributed by atoms with van der Waals surface area (Å²) in [4.78, 5) is 0. The number of nitrogens with zero attached hydrogens (tertiary/aromatic N) is 2. The van der Waals surface area contributed by atoms with E-state index in [1.54, 1.807) is 0 Å². The molecule has 0 spiro atoms. The van der Waals surface area contributed by atoms with Gasteiger partial charge in [-0.15, -0.1) is 0 Å².